The summed E-state index contributed by atoms with van der Waals surface area (Å²) in [7, 11) is 1.63. The fourth-order valence-electron chi connectivity index (χ4n) is 1.47. The van der Waals surface area contributed by atoms with Gasteiger partial charge in [-0.3, -0.25) is 0 Å². The number of aryl methyl sites for hydroxylation is 1. The Labute approximate surface area is 120 Å². The summed E-state index contributed by atoms with van der Waals surface area (Å²) in [6, 6.07) is 5.73. The molecule has 4 nitrogen and oxygen atoms in total. The van der Waals surface area contributed by atoms with Gasteiger partial charge in [0.15, 0.2) is 0 Å². The minimum absolute atomic E-state index is 0.241. The number of nitrogens with one attached hydrogen (secondary N) is 1. The molecule has 0 heterocycles. The van der Waals surface area contributed by atoms with Crippen LogP contribution in [-0.4, -0.2) is 25.3 Å². The van der Waals surface area contributed by atoms with Gasteiger partial charge in [0.05, 0.1) is 13.7 Å². The molecule has 0 saturated carbocycles. The molecule has 1 aromatic carbocycles. The maximum absolute atomic E-state index is 11.4. The van der Waals surface area contributed by atoms with Gasteiger partial charge >= 0.3 is 6.09 Å². The molecule has 0 saturated heterocycles. The van der Waals surface area contributed by atoms with Crippen LogP contribution in [0.15, 0.2) is 18.2 Å². The van der Waals surface area contributed by atoms with E-state index in [1.807, 2.05) is 45.9 Å². The fourth-order valence-corrected chi connectivity index (χ4v) is 1.47. The highest BCUT2D eigenvalue weighted by molar-refractivity contribution is 5.68. The van der Waals surface area contributed by atoms with Gasteiger partial charge in [-0.2, -0.15) is 0 Å². The van der Waals surface area contributed by atoms with Crippen molar-refractivity contribution in [1.82, 2.24) is 5.32 Å². The van der Waals surface area contributed by atoms with Crippen molar-refractivity contribution in [2.75, 3.05) is 13.7 Å². The third-order valence-corrected chi connectivity index (χ3v) is 2.36. The summed E-state index contributed by atoms with van der Waals surface area (Å²) < 4.78 is 10.3. The average molecular weight is 275 g/mol. The lowest BCUT2D eigenvalue weighted by Gasteiger charge is -2.19. The van der Waals surface area contributed by atoms with Crippen LogP contribution in [0.5, 0.6) is 5.75 Å². The van der Waals surface area contributed by atoms with E-state index in [4.69, 9.17) is 9.47 Å². The maximum atomic E-state index is 11.4. The first-order chi connectivity index (χ1) is 9.31. The fraction of sp³-hybridized carbons (Fsp3) is 0.438. The van der Waals surface area contributed by atoms with Crippen LogP contribution in [0.2, 0.25) is 0 Å². The van der Waals surface area contributed by atoms with Crippen LogP contribution < -0.4 is 10.1 Å². The summed E-state index contributed by atoms with van der Waals surface area (Å²) in [5.74, 6) is 6.64. The summed E-state index contributed by atoms with van der Waals surface area (Å²) in [4.78, 5) is 11.4. The van der Waals surface area contributed by atoms with E-state index in [2.05, 4.69) is 17.2 Å². The van der Waals surface area contributed by atoms with Gasteiger partial charge in [-0.1, -0.05) is 17.9 Å². The number of alkyl carbamates (subject to hydrolysis) is 1. The normalized spacial score (nSPS) is 10.2. The SMILES string of the molecule is COc1cc(C#CCNC(=O)OC(C)(C)C)ccc1C. The second-order valence-corrected chi connectivity index (χ2v) is 5.34. The summed E-state index contributed by atoms with van der Waals surface area (Å²) >= 11 is 0. The number of carbonyl (C=O) groups is 1. The van der Waals surface area contributed by atoms with Crippen LogP contribution in [-0.2, 0) is 4.74 Å². The molecule has 1 amide bonds. The van der Waals surface area contributed by atoms with E-state index in [1.54, 1.807) is 7.11 Å². The predicted octanol–water partition coefficient (Wildman–Crippen LogP) is 2.88. The number of carbonyl (C=O) groups excluding carboxylic acids is 1. The van der Waals surface area contributed by atoms with Gasteiger partial charge in [0.25, 0.3) is 0 Å². The Hall–Kier alpha value is -2.15. The van der Waals surface area contributed by atoms with Crippen molar-refractivity contribution in [2.24, 2.45) is 0 Å². The van der Waals surface area contributed by atoms with Crippen LogP contribution in [0.4, 0.5) is 4.79 Å². The molecular formula is C16H21NO3. The summed E-state index contributed by atoms with van der Waals surface area (Å²) in [6.45, 7) is 7.66. The number of hydrogen-bond acceptors (Lipinski definition) is 3. The molecule has 0 bridgehead atoms. The third kappa shape index (κ3) is 5.66. The molecular weight excluding hydrogens is 254 g/mol. The number of methoxy groups -OCH3 is 1. The van der Waals surface area contributed by atoms with E-state index in [0.29, 0.717) is 0 Å². The summed E-state index contributed by atoms with van der Waals surface area (Å²) in [6.07, 6.45) is -0.465. The van der Waals surface area contributed by atoms with Crippen molar-refractivity contribution in [3.05, 3.63) is 29.3 Å². The van der Waals surface area contributed by atoms with Gasteiger partial charge in [-0.15, -0.1) is 0 Å². The van der Waals surface area contributed by atoms with E-state index < -0.39 is 11.7 Å². The maximum Gasteiger partial charge on any atom is 0.408 e. The highest BCUT2D eigenvalue weighted by atomic mass is 16.6. The topological polar surface area (TPSA) is 47.6 Å². The Balaban J connectivity index is 2.53. The Morgan fingerprint density at radius 1 is 1.35 bits per heavy atom. The molecule has 1 N–H and O–H groups in total. The number of rotatable bonds is 2. The van der Waals surface area contributed by atoms with Gasteiger partial charge < -0.3 is 14.8 Å². The minimum atomic E-state index is -0.498. The second-order valence-electron chi connectivity index (χ2n) is 5.34. The molecule has 20 heavy (non-hydrogen) atoms. The van der Waals surface area contributed by atoms with Crippen molar-refractivity contribution in [3.8, 4) is 17.6 Å². The second kappa shape index (κ2) is 6.85. The number of hydrogen-bond donors (Lipinski definition) is 1. The first kappa shape index (κ1) is 15.9. The average Bonchev–Trinajstić information content (AvgIpc) is 2.34. The van der Waals surface area contributed by atoms with Crippen molar-refractivity contribution < 1.29 is 14.3 Å². The van der Waals surface area contributed by atoms with Gasteiger partial charge in [0.2, 0.25) is 0 Å². The molecule has 0 fully saturated rings. The predicted molar refractivity (Wildman–Crippen MR) is 78.8 cm³/mol. The number of ether oxygens (including phenoxy) is 2. The van der Waals surface area contributed by atoms with Gasteiger partial charge in [0.1, 0.15) is 11.4 Å². The van der Waals surface area contributed by atoms with Crippen molar-refractivity contribution >= 4 is 6.09 Å². The third-order valence-electron chi connectivity index (χ3n) is 2.36. The quantitative estimate of drug-likeness (QED) is 0.844. The van der Waals surface area contributed by atoms with E-state index in [9.17, 15) is 4.79 Å². The standard InChI is InChI=1S/C16H21NO3/c1-12-8-9-13(11-14(12)19-5)7-6-10-17-15(18)20-16(2,3)4/h8-9,11H,10H2,1-5H3,(H,17,18). The Kier molecular flexibility index (Phi) is 5.45. The molecule has 0 radical (unpaired) electrons. The smallest absolute Gasteiger partial charge is 0.408 e. The largest absolute Gasteiger partial charge is 0.496 e. The zero-order valence-corrected chi connectivity index (χ0v) is 12.7. The molecule has 0 aliphatic carbocycles. The summed E-state index contributed by atoms with van der Waals surface area (Å²) in [5, 5.41) is 2.58. The van der Waals surface area contributed by atoms with Crippen molar-refractivity contribution in [3.63, 3.8) is 0 Å². The minimum Gasteiger partial charge on any atom is -0.496 e. The Morgan fingerprint density at radius 2 is 2.05 bits per heavy atom. The molecule has 4 heteroatoms. The van der Waals surface area contributed by atoms with E-state index in [1.165, 1.54) is 0 Å². The van der Waals surface area contributed by atoms with Crippen LogP contribution in [0.1, 0.15) is 31.9 Å². The highest BCUT2D eigenvalue weighted by Gasteiger charge is 2.14. The van der Waals surface area contributed by atoms with Gasteiger partial charge in [0, 0.05) is 5.56 Å². The van der Waals surface area contributed by atoms with Gasteiger partial charge in [-0.05, 0) is 45.4 Å². The first-order valence-corrected chi connectivity index (χ1v) is 6.42. The monoisotopic (exact) mass is 275 g/mol. The Morgan fingerprint density at radius 3 is 2.65 bits per heavy atom. The van der Waals surface area contributed by atoms with Gasteiger partial charge in [-0.25, -0.2) is 4.79 Å². The zero-order valence-electron chi connectivity index (χ0n) is 12.7. The molecule has 0 aliphatic rings. The zero-order chi connectivity index (χ0) is 15.2. The molecule has 0 unspecified atom stereocenters. The van der Waals surface area contributed by atoms with E-state index >= 15 is 0 Å². The van der Waals surface area contributed by atoms with Crippen molar-refractivity contribution in [2.45, 2.75) is 33.3 Å². The van der Waals surface area contributed by atoms with Crippen LogP contribution in [0.25, 0.3) is 0 Å². The van der Waals surface area contributed by atoms with Crippen LogP contribution in [0.3, 0.4) is 0 Å². The molecule has 0 aliphatic heterocycles. The molecule has 0 spiro atoms. The first-order valence-electron chi connectivity index (χ1n) is 6.42. The van der Waals surface area contributed by atoms with Crippen LogP contribution >= 0.6 is 0 Å². The lowest BCUT2D eigenvalue weighted by atomic mass is 10.1. The molecule has 1 rings (SSSR count). The molecule has 0 atom stereocenters. The number of amides is 1. The Bertz CT molecular complexity index is 533. The van der Waals surface area contributed by atoms with E-state index in [0.717, 1.165) is 16.9 Å². The van der Waals surface area contributed by atoms with E-state index in [-0.39, 0.29) is 6.54 Å². The summed E-state index contributed by atoms with van der Waals surface area (Å²) in [5.41, 5.74) is 1.41. The van der Waals surface area contributed by atoms with Crippen LogP contribution in [0, 0.1) is 18.8 Å². The molecule has 108 valence electrons. The molecule has 1 aromatic rings. The van der Waals surface area contributed by atoms with Crippen molar-refractivity contribution in [1.29, 1.82) is 0 Å². The number of benzene rings is 1. The lowest BCUT2D eigenvalue weighted by molar-refractivity contribution is 0.0535. The highest BCUT2D eigenvalue weighted by Crippen LogP contribution is 2.18. The lowest BCUT2D eigenvalue weighted by Crippen LogP contribution is -2.32. The molecule has 0 aromatic heterocycles.